The summed E-state index contributed by atoms with van der Waals surface area (Å²) in [6.45, 7) is 3.06. The van der Waals surface area contributed by atoms with Crippen LogP contribution in [0.15, 0.2) is 0 Å². The molecule has 80 valence electrons. The topological polar surface area (TPSA) is 55.3 Å². The van der Waals surface area contributed by atoms with Crippen molar-refractivity contribution < 1.29 is 0 Å². The lowest BCUT2D eigenvalue weighted by molar-refractivity contribution is 0.285. The summed E-state index contributed by atoms with van der Waals surface area (Å²) in [5.41, 5.74) is 0. The number of hydrogen-bond donors (Lipinski definition) is 2. The normalized spacial score (nSPS) is 11.1. The van der Waals surface area contributed by atoms with Crippen LogP contribution in [0.4, 0.5) is 0 Å². The molecule has 0 aliphatic rings. The Morgan fingerprint density at radius 1 is 0.769 bits per heavy atom. The molecule has 0 aliphatic heterocycles. The largest absolute Gasteiger partial charge is 0.255 e. The van der Waals surface area contributed by atoms with Gasteiger partial charge in [-0.2, -0.15) is 5.12 Å². The molecule has 0 fully saturated rings. The van der Waals surface area contributed by atoms with E-state index in [0.29, 0.717) is 0 Å². The average molecular weight is 187 g/mol. The summed E-state index contributed by atoms with van der Waals surface area (Å²) in [6, 6.07) is 0. The molecule has 0 atom stereocenters. The Kier molecular flexibility index (Phi) is 9.87. The third-order valence-electron chi connectivity index (χ3n) is 2.27. The van der Waals surface area contributed by atoms with Gasteiger partial charge in [0.2, 0.25) is 0 Å². The zero-order chi connectivity index (χ0) is 9.94. The van der Waals surface area contributed by atoms with Gasteiger partial charge in [0.05, 0.1) is 0 Å². The standard InChI is InChI=1S/C10H25N3/c1-2-3-4-5-6-7-8-9-10-13(11)12/h2-12H2,1H3. The summed E-state index contributed by atoms with van der Waals surface area (Å²) < 4.78 is 0. The van der Waals surface area contributed by atoms with Crippen LogP contribution < -0.4 is 11.7 Å². The molecule has 3 heteroatoms. The molecule has 4 N–H and O–H groups in total. The number of rotatable bonds is 9. The first-order valence-corrected chi connectivity index (χ1v) is 5.54. The van der Waals surface area contributed by atoms with Crippen molar-refractivity contribution in [3.63, 3.8) is 0 Å². The fourth-order valence-electron chi connectivity index (χ4n) is 1.43. The van der Waals surface area contributed by atoms with Crippen molar-refractivity contribution in [2.45, 2.75) is 58.3 Å². The number of hydrogen-bond acceptors (Lipinski definition) is 3. The lowest BCUT2D eigenvalue weighted by Gasteiger charge is -2.07. The Morgan fingerprint density at radius 2 is 1.23 bits per heavy atom. The van der Waals surface area contributed by atoms with Crippen molar-refractivity contribution >= 4 is 0 Å². The van der Waals surface area contributed by atoms with Crippen LogP contribution in [0.1, 0.15) is 58.3 Å². The molecule has 0 aromatic heterocycles. The lowest BCUT2D eigenvalue weighted by atomic mass is 10.1. The molecule has 0 radical (unpaired) electrons. The van der Waals surface area contributed by atoms with Crippen LogP contribution in [0, 0.1) is 0 Å². The first-order valence-electron chi connectivity index (χ1n) is 5.54. The quantitative estimate of drug-likeness (QED) is 0.330. The van der Waals surface area contributed by atoms with E-state index in [1.165, 1.54) is 50.1 Å². The molecule has 0 heterocycles. The first kappa shape index (κ1) is 12.9. The van der Waals surface area contributed by atoms with Gasteiger partial charge < -0.3 is 0 Å². The summed E-state index contributed by atoms with van der Waals surface area (Å²) in [7, 11) is 0. The Bertz CT molecular complexity index is 94.2. The van der Waals surface area contributed by atoms with Gasteiger partial charge in [-0.05, 0) is 6.42 Å². The van der Waals surface area contributed by atoms with Crippen LogP contribution in [0.25, 0.3) is 0 Å². The van der Waals surface area contributed by atoms with Crippen molar-refractivity contribution in [3.05, 3.63) is 0 Å². The number of hydrazine groups is 2. The van der Waals surface area contributed by atoms with Gasteiger partial charge in [0.15, 0.2) is 0 Å². The van der Waals surface area contributed by atoms with Crippen LogP contribution in [0.2, 0.25) is 0 Å². The molecule has 0 aromatic carbocycles. The first-order chi connectivity index (χ1) is 6.27. The van der Waals surface area contributed by atoms with Gasteiger partial charge in [-0.3, -0.25) is 11.7 Å². The van der Waals surface area contributed by atoms with Crippen LogP contribution in [-0.4, -0.2) is 11.7 Å². The second-order valence-corrected chi connectivity index (χ2v) is 3.71. The fourth-order valence-corrected chi connectivity index (χ4v) is 1.43. The van der Waals surface area contributed by atoms with Gasteiger partial charge in [0.1, 0.15) is 0 Å². The molecular formula is C10H25N3. The van der Waals surface area contributed by atoms with E-state index in [4.69, 9.17) is 11.7 Å². The van der Waals surface area contributed by atoms with Gasteiger partial charge in [0.25, 0.3) is 0 Å². The van der Waals surface area contributed by atoms with Crippen LogP contribution in [0.5, 0.6) is 0 Å². The zero-order valence-electron chi connectivity index (χ0n) is 8.97. The minimum atomic E-state index is 0.814. The molecule has 0 saturated carbocycles. The van der Waals surface area contributed by atoms with E-state index in [0.717, 1.165) is 13.0 Å². The van der Waals surface area contributed by atoms with Gasteiger partial charge in [0, 0.05) is 6.54 Å². The average Bonchev–Trinajstić information content (AvgIpc) is 2.09. The summed E-state index contributed by atoms with van der Waals surface area (Å²) in [5, 5.41) is 1.27. The highest BCUT2D eigenvalue weighted by atomic mass is 15.6. The molecule has 0 amide bonds. The fraction of sp³-hybridized carbons (Fsp3) is 1.00. The maximum atomic E-state index is 5.28. The number of unbranched alkanes of at least 4 members (excludes halogenated alkanes) is 7. The number of nitrogens with two attached hydrogens (primary N) is 2. The maximum absolute atomic E-state index is 5.28. The predicted molar refractivity (Wildman–Crippen MR) is 57.7 cm³/mol. The molecule has 0 aliphatic carbocycles. The predicted octanol–water partition coefficient (Wildman–Crippen LogP) is 2.18. The Balaban J connectivity index is 2.84. The van der Waals surface area contributed by atoms with E-state index in [1.54, 1.807) is 0 Å². The van der Waals surface area contributed by atoms with Crippen molar-refractivity contribution in [1.29, 1.82) is 0 Å². The van der Waals surface area contributed by atoms with Crippen LogP contribution in [-0.2, 0) is 0 Å². The van der Waals surface area contributed by atoms with E-state index < -0.39 is 0 Å². The molecule has 13 heavy (non-hydrogen) atoms. The van der Waals surface area contributed by atoms with Gasteiger partial charge in [-0.1, -0.05) is 51.9 Å². The molecule has 3 nitrogen and oxygen atoms in total. The molecule has 0 bridgehead atoms. The SMILES string of the molecule is CCCCCCCCCCN(N)N. The van der Waals surface area contributed by atoms with E-state index in [1.807, 2.05) is 0 Å². The van der Waals surface area contributed by atoms with Crippen molar-refractivity contribution in [1.82, 2.24) is 5.12 Å². The molecular weight excluding hydrogens is 162 g/mol. The molecule has 0 unspecified atom stereocenters. The van der Waals surface area contributed by atoms with E-state index >= 15 is 0 Å². The van der Waals surface area contributed by atoms with Gasteiger partial charge in [-0.25, -0.2) is 0 Å². The van der Waals surface area contributed by atoms with Gasteiger partial charge >= 0.3 is 0 Å². The Labute approximate surface area is 82.4 Å². The third kappa shape index (κ3) is 11.9. The van der Waals surface area contributed by atoms with Crippen molar-refractivity contribution in [2.24, 2.45) is 11.7 Å². The zero-order valence-corrected chi connectivity index (χ0v) is 8.97. The second kappa shape index (κ2) is 9.96. The van der Waals surface area contributed by atoms with Crippen LogP contribution in [0.3, 0.4) is 0 Å². The second-order valence-electron chi connectivity index (χ2n) is 3.71. The smallest absolute Gasteiger partial charge is 0.0283 e. The summed E-state index contributed by atoms with van der Waals surface area (Å²) in [6.07, 6.45) is 10.6. The highest BCUT2D eigenvalue weighted by Gasteiger charge is 1.92. The molecule has 0 spiro atoms. The Hall–Kier alpha value is -0.120. The van der Waals surface area contributed by atoms with E-state index in [-0.39, 0.29) is 0 Å². The van der Waals surface area contributed by atoms with Gasteiger partial charge in [-0.15, -0.1) is 0 Å². The third-order valence-corrected chi connectivity index (χ3v) is 2.27. The highest BCUT2D eigenvalue weighted by Crippen LogP contribution is 2.07. The number of nitrogens with zero attached hydrogens (tertiary/aromatic N) is 1. The van der Waals surface area contributed by atoms with Crippen molar-refractivity contribution in [2.75, 3.05) is 6.54 Å². The minimum absolute atomic E-state index is 0.814. The van der Waals surface area contributed by atoms with Crippen LogP contribution >= 0.6 is 0 Å². The van der Waals surface area contributed by atoms with Crippen molar-refractivity contribution in [3.8, 4) is 0 Å². The summed E-state index contributed by atoms with van der Waals surface area (Å²) in [5.74, 6) is 10.6. The lowest BCUT2D eigenvalue weighted by Crippen LogP contribution is -2.38. The summed E-state index contributed by atoms with van der Waals surface area (Å²) in [4.78, 5) is 0. The monoisotopic (exact) mass is 187 g/mol. The molecule has 0 aromatic rings. The highest BCUT2D eigenvalue weighted by molar-refractivity contribution is 4.46. The minimum Gasteiger partial charge on any atom is -0.255 e. The van der Waals surface area contributed by atoms with E-state index in [9.17, 15) is 0 Å². The summed E-state index contributed by atoms with van der Waals surface area (Å²) >= 11 is 0. The molecule has 0 rings (SSSR count). The molecule has 0 saturated heterocycles. The maximum Gasteiger partial charge on any atom is 0.0283 e. The van der Waals surface area contributed by atoms with E-state index in [2.05, 4.69) is 6.92 Å². The Morgan fingerprint density at radius 3 is 1.69 bits per heavy atom.